The Bertz CT molecular complexity index is 1180. The molecule has 0 saturated heterocycles. The molecule has 0 bridgehead atoms. The van der Waals surface area contributed by atoms with E-state index in [0.717, 1.165) is 0 Å². The summed E-state index contributed by atoms with van der Waals surface area (Å²) in [5.74, 6) is -0.256. The summed E-state index contributed by atoms with van der Waals surface area (Å²) in [5, 5.41) is 28.9. The smallest absolute Gasteiger partial charge is 0.235 e. The molecule has 6 nitrogen and oxygen atoms in total. The van der Waals surface area contributed by atoms with Gasteiger partial charge in [0.05, 0.1) is 16.3 Å². The average Bonchev–Trinajstić information content (AvgIpc) is 2.84. The van der Waals surface area contributed by atoms with Crippen molar-refractivity contribution in [2.75, 3.05) is 0 Å². The van der Waals surface area contributed by atoms with Gasteiger partial charge in [-0.1, -0.05) is 0 Å². The minimum absolute atomic E-state index is 0.00248. The van der Waals surface area contributed by atoms with Crippen molar-refractivity contribution in [3.8, 4) is 17.6 Å². The Balaban J connectivity index is 2.26. The van der Waals surface area contributed by atoms with Gasteiger partial charge in [0.1, 0.15) is 28.7 Å². The van der Waals surface area contributed by atoms with Gasteiger partial charge in [-0.15, -0.1) is 0 Å². The minimum Gasteiger partial charge on any atom is -0.508 e. The quantitative estimate of drug-likeness (QED) is 0.516. The van der Waals surface area contributed by atoms with Gasteiger partial charge in [-0.25, -0.2) is 0 Å². The lowest BCUT2D eigenvalue weighted by Crippen LogP contribution is -1.99. The first-order valence-electron chi connectivity index (χ1n) is 6.33. The summed E-state index contributed by atoms with van der Waals surface area (Å²) < 4.78 is 11.1. The van der Waals surface area contributed by atoms with Crippen LogP contribution in [0.15, 0.2) is 44.0 Å². The zero-order valence-electron chi connectivity index (χ0n) is 11.0. The topological polar surface area (TPSA) is 108 Å². The molecule has 0 spiro atoms. The Morgan fingerprint density at radius 1 is 0.955 bits per heavy atom. The molecule has 2 heterocycles. The zero-order valence-corrected chi connectivity index (χ0v) is 11.0. The second-order valence-corrected chi connectivity index (χ2v) is 4.85. The monoisotopic (exact) mass is 293 g/mol. The van der Waals surface area contributed by atoms with Crippen molar-refractivity contribution >= 4 is 33.1 Å². The van der Waals surface area contributed by atoms with E-state index < -0.39 is 0 Å². The molecule has 2 aromatic heterocycles. The van der Waals surface area contributed by atoms with Crippen LogP contribution in [0, 0.1) is 11.3 Å². The highest BCUT2D eigenvalue weighted by Gasteiger charge is 2.18. The molecule has 0 radical (unpaired) electrons. The first-order chi connectivity index (χ1) is 10.6. The number of nitriles is 1. The molecule has 2 N–H and O–H groups in total. The number of rotatable bonds is 0. The van der Waals surface area contributed by atoms with Crippen LogP contribution in [-0.2, 0) is 0 Å². The summed E-state index contributed by atoms with van der Waals surface area (Å²) in [5.41, 5.74) is 0.306. The lowest BCUT2D eigenvalue weighted by atomic mass is 10.1. The van der Waals surface area contributed by atoms with Gasteiger partial charge in [0, 0.05) is 12.1 Å². The van der Waals surface area contributed by atoms with Crippen LogP contribution in [-0.4, -0.2) is 10.2 Å². The van der Waals surface area contributed by atoms with Gasteiger partial charge in [0.15, 0.2) is 5.58 Å². The molecule has 106 valence electrons. The first kappa shape index (κ1) is 12.3. The van der Waals surface area contributed by atoms with Crippen LogP contribution >= 0.6 is 0 Å². The van der Waals surface area contributed by atoms with Crippen LogP contribution in [0.3, 0.4) is 0 Å². The molecule has 4 rings (SSSR count). The van der Waals surface area contributed by atoms with Crippen molar-refractivity contribution in [3.63, 3.8) is 0 Å². The van der Waals surface area contributed by atoms with Crippen LogP contribution < -0.4 is 5.43 Å². The highest BCUT2D eigenvalue weighted by atomic mass is 16.4. The third kappa shape index (κ3) is 1.50. The number of aromatic hydroxyl groups is 2. The van der Waals surface area contributed by atoms with Gasteiger partial charge in [-0.05, 0) is 18.2 Å². The lowest BCUT2D eigenvalue weighted by molar-refractivity contribution is 0.473. The van der Waals surface area contributed by atoms with E-state index in [0.29, 0.717) is 5.39 Å². The molecule has 0 unspecified atom stereocenters. The standard InChI is InChI=1S/C16H7NO5/c17-6-7-3-12-10(5-11(7)19)15-16(22-12)14(20)9-2-1-8(18)4-13(9)21-15/h1-5,18-19H. The molecule has 0 atom stereocenters. The van der Waals surface area contributed by atoms with Crippen molar-refractivity contribution in [1.29, 1.82) is 5.26 Å². The molecule has 0 aliphatic carbocycles. The second-order valence-electron chi connectivity index (χ2n) is 4.85. The number of hydrogen-bond donors (Lipinski definition) is 2. The summed E-state index contributed by atoms with van der Waals surface area (Å²) in [7, 11) is 0. The largest absolute Gasteiger partial charge is 0.508 e. The maximum atomic E-state index is 12.4. The Morgan fingerprint density at radius 2 is 1.68 bits per heavy atom. The molecule has 0 aliphatic rings. The van der Waals surface area contributed by atoms with E-state index in [-0.39, 0.29) is 50.2 Å². The third-order valence-electron chi connectivity index (χ3n) is 3.51. The van der Waals surface area contributed by atoms with Gasteiger partial charge in [0.2, 0.25) is 11.0 Å². The number of phenolic OH excluding ortho intramolecular Hbond substituents is 2. The third-order valence-corrected chi connectivity index (χ3v) is 3.51. The fraction of sp³-hybridized carbons (Fsp3) is 0. The van der Waals surface area contributed by atoms with E-state index in [2.05, 4.69) is 0 Å². The van der Waals surface area contributed by atoms with E-state index in [1.807, 2.05) is 6.07 Å². The van der Waals surface area contributed by atoms with Gasteiger partial charge in [-0.2, -0.15) is 5.26 Å². The van der Waals surface area contributed by atoms with Gasteiger partial charge < -0.3 is 19.0 Å². The van der Waals surface area contributed by atoms with Crippen molar-refractivity contribution in [3.05, 3.63) is 46.1 Å². The van der Waals surface area contributed by atoms with Crippen LogP contribution in [0.4, 0.5) is 0 Å². The minimum atomic E-state index is -0.384. The van der Waals surface area contributed by atoms with Crippen molar-refractivity contribution in [2.45, 2.75) is 0 Å². The van der Waals surface area contributed by atoms with Crippen LogP contribution in [0.25, 0.3) is 33.1 Å². The highest BCUT2D eigenvalue weighted by Crippen LogP contribution is 2.33. The van der Waals surface area contributed by atoms with Gasteiger partial charge in [0.25, 0.3) is 0 Å². The van der Waals surface area contributed by atoms with Crippen LogP contribution in [0.1, 0.15) is 5.56 Å². The van der Waals surface area contributed by atoms with Crippen molar-refractivity contribution in [2.24, 2.45) is 0 Å². The fourth-order valence-electron chi connectivity index (χ4n) is 2.46. The normalized spacial score (nSPS) is 11.2. The van der Waals surface area contributed by atoms with E-state index in [9.17, 15) is 15.0 Å². The number of hydrogen-bond acceptors (Lipinski definition) is 6. The molecular formula is C16H7NO5. The van der Waals surface area contributed by atoms with E-state index >= 15 is 0 Å². The summed E-state index contributed by atoms with van der Waals surface area (Å²) in [4.78, 5) is 12.4. The molecular weight excluding hydrogens is 286 g/mol. The number of fused-ring (bicyclic) bond motifs is 4. The predicted octanol–water partition coefficient (Wildman–Crippen LogP) is 2.98. The summed E-state index contributed by atoms with van der Waals surface area (Å²) in [6, 6.07) is 8.66. The molecule has 0 aliphatic heterocycles. The fourth-order valence-corrected chi connectivity index (χ4v) is 2.46. The van der Waals surface area contributed by atoms with Gasteiger partial charge >= 0.3 is 0 Å². The zero-order chi connectivity index (χ0) is 15.4. The highest BCUT2D eigenvalue weighted by molar-refractivity contribution is 6.04. The maximum absolute atomic E-state index is 12.4. The summed E-state index contributed by atoms with van der Waals surface area (Å²) in [6.45, 7) is 0. The van der Waals surface area contributed by atoms with E-state index in [4.69, 9.17) is 14.1 Å². The number of nitrogens with zero attached hydrogens (tertiary/aromatic N) is 1. The molecule has 0 fully saturated rings. The Hall–Kier alpha value is -3.46. The number of phenols is 2. The molecule has 4 aromatic rings. The molecule has 0 saturated carbocycles. The van der Waals surface area contributed by atoms with Crippen molar-refractivity contribution < 1.29 is 19.0 Å². The summed E-state index contributed by atoms with van der Waals surface area (Å²) >= 11 is 0. The average molecular weight is 293 g/mol. The van der Waals surface area contributed by atoms with E-state index in [1.165, 1.54) is 30.3 Å². The summed E-state index contributed by atoms with van der Waals surface area (Å²) in [6.07, 6.45) is 0. The molecule has 22 heavy (non-hydrogen) atoms. The second kappa shape index (κ2) is 4.02. The predicted molar refractivity (Wildman–Crippen MR) is 77.8 cm³/mol. The SMILES string of the molecule is N#Cc1cc2oc3c(=O)c4ccc(O)cc4oc3c2cc1O. The Kier molecular flexibility index (Phi) is 2.25. The number of furan rings is 1. The molecule has 0 amide bonds. The van der Waals surface area contributed by atoms with Gasteiger partial charge in [-0.3, -0.25) is 4.79 Å². The van der Waals surface area contributed by atoms with Crippen LogP contribution in [0.5, 0.6) is 11.5 Å². The Morgan fingerprint density at radius 3 is 2.45 bits per heavy atom. The van der Waals surface area contributed by atoms with Crippen LogP contribution in [0.2, 0.25) is 0 Å². The number of benzene rings is 2. The first-order valence-corrected chi connectivity index (χ1v) is 6.33. The lowest BCUT2D eigenvalue weighted by Gasteiger charge is -1.98. The molecule has 6 heteroatoms. The Labute approximate surface area is 122 Å². The molecule has 2 aromatic carbocycles. The van der Waals surface area contributed by atoms with E-state index in [1.54, 1.807) is 0 Å². The maximum Gasteiger partial charge on any atom is 0.235 e. The van der Waals surface area contributed by atoms with Crippen molar-refractivity contribution in [1.82, 2.24) is 0 Å².